The molecule has 0 N–H and O–H groups in total. The van der Waals surface area contributed by atoms with E-state index in [0.717, 1.165) is 5.56 Å². The van der Waals surface area contributed by atoms with Gasteiger partial charge in [-0.1, -0.05) is 22.9 Å². The second-order valence-electron chi connectivity index (χ2n) is 9.82. The Labute approximate surface area is 228 Å². The van der Waals surface area contributed by atoms with Crippen molar-refractivity contribution in [3.63, 3.8) is 0 Å². The Balaban J connectivity index is 1.55. The normalized spacial score (nSPS) is 20.0. The number of rotatable bonds is 5. The molecular weight excluding hydrogens is 584 g/mol. The van der Waals surface area contributed by atoms with Gasteiger partial charge >= 0.3 is 18.2 Å². The van der Waals surface area contributed by atoms with Gasteiger partial charge in [-0.2, -0.15) is 0 Å². The van der Waals surface area contributed by atoms with Crippen LogP contribution >= 0.6 is 15.9 Å². The summed E-state index contributed by atoms with van der Waals surface area (Å²) < 4.78 is 49.3. The number of cyclic esters (lactones) is 1. The van der Waals surface area contributed by atoms with Gasteiger partial charge in [0.15, 0.2) is 11.5 Å². The van der Waals surface area contributed by atoms with Crippen LogP contribution in [0.25, 0.3) is 22.3 Å². The van der Waals surface area contributed by atoms with Crippen molar-refractivity contribution in [2.24, 2.45) is 0 Å². The second-order valence-corrected chi connectivity index (χ2v) is 10.4. The Hall–Kier alpha value is -3.58. The summed E-state index contributed by atoms with van der Waals surface area (Å²) in [5, 5.41) is 0.908. The van der Waals surface area contributed by atoms with Gasteiger partial charge in [0, 0.05) is 27.9 Å². The van der Waals surface area contributed by atoms with Crippen LogP contribution in [0.1, 0.15) is 35.6 Å². The number of likely N-dealkylation sites (N-methyl/N-ethyl adjacent to an activating group) is 1. The van der Waals surface area contributed by atoms with E-state index in [1.807, 2.05) is 0 Å². The van der Waals surface area contributed by atoms with Crippen LogP contribution in [-0.2, 0) is 43.1 Å². The molecule has 0 bridgehead atoms. The van der Waals surface area contributed by atoms with Crippen LogP contribution < -0.4 is 15.0 Å². The molecule has 2 aromatic heterocycles. The summed E-state index contributed by atoms with van der Waals surface area (Å²) in [5.41, 5.74) is 0.956. The standard InChI is InChI=1S/C26H22BrF2N3O7/c1-4-25(39-21(33)10-31(2)3)16-6-18-22-14(9-32(18)23(34)15(16)11-36-24(25)35)13(8-27)12-5-19-20(7-17(12)30-22)38-26(28,29)37-19/h5-7H,4,8-11H2,1-3H3. The van der Waals surface area contributed by atoms with Crippen molar-refractivity contribution in [1.82, 2.24) is 14.5 Å². The van der Waals surface area contributed by atoms with E-state index in [2.05, 4.69) is 25.4 Å². The van der Waals surface area contributed by atoms with E-state index in [1.165, 1.54) is 16.7 Å². The minimum Gasteiger partial charge on any atom is -0.457 e. The average Bonchev–Trinajstić information content (AvgIpc) is 3.38. The van der Waals surface area contributed by atoms with Crippen molar-refractivity contribution in [3.05, 3.63) is 50.8 Å². The van der Waals surface area contributed by atoms with Crippen LogP contribution in [-0.4, -0.2) is 53.3 Å². The fourth-order valence-corrected chi connectivity index (χ4v) is 6.04. The van der Waals surface area contributed by atoms with Crippen molar-refractivity contribution in [2.75, 3.05) is 20.6 Å². The van der Waals surface area contributed by atoms with Crippen LogP contribution in [0, 0.1) is 0 Å². The van der Waals surface area contributed by atoms with Crippen molar-refractivity contribution >= 4 is 38.8 Å². The smallest absolute Gasteiger partial charge is 0.457 e. The molecule has 0 saturated heterocycles. The number of hydrogen-bond acceptors (Lipinski definition) is 9. The first-order valence-corrected chi connectivity index (χ1v) is 13.2. The summed E-state index contributed by atoms with van der Waals surface area (Å²) in [7, 11) is 3.38. The van der Waals surface area contributed by atoms with Crippen LogP contribution in [0.15, 0.2) is 23.0 Å². The van der Waals surface area contributed by atoms with Gasteiger partial charge in [-0.15, -0.1) is 8.78 Å². The van der Waals surface area contributed by atoms with E-state index >= 15 is 0 Å². The van der Waals surface area contributed by atoms with Crippen molar-refractivity contribution in [1.29, 1.82) is 0 Å². The van der Waals surface area contributed by atoms with Crippen molar-refractivity contribution in [3.8, 4) is 22.9 Å². The van der Waals surface area contributed by atoms with E-state index in [4.69, 9.17) is 14.5 Å². The van der Waals surface area contributed by atoms with Gasteiger partial charge in [0.05, 0.1) is 35.6 Å². The molecule has 6 rings (SSSR count). The Bertz CT molecular complexity index is 1660. The van der Waals surface area contributed by atoms with Gasteiger partial charge in [0.2, 0.25) is 5.60 Å². The molecule has 0 aliphatic carbocycles. The predicted octanol–water partition coefficient (Wildman–Crippen LogP) is 3.41. The number of pyridine rings is 2. The fourth-order valence-electron chi connectivity index (χ4n) is 5.40. The molecule has 3 aromatic rings. The van der Waals surface area contributed by atoms with Crippen LogP contribution in [0.5, 0.6) is 11.5 Å². The number of ether oxygens (including phenoxy) is 4. The zero-order valence-electron chi connectivity index (χ0n) is 21.1. The van der Waals surface area contributed by atoms with E-state index in [0.29, 0.717) is 33.2 Å². The first-order chi connectivity index (χ1) is 18.5. The Kier molecular flexibility index (Phi) is 5.74. The Morgan fingerprint density at radius 3 is 2.56 bits per heavy atom. The fraction of sp³-hybridized carbons (Fsp3) is 0.385. The highest BCUT2D eigenvalue weighted by Crippen LogP contribution is 2.47. The maximum atomic E-state index is 13.7. The van der Waals surface area contributed by atoms with Gasteiger partial charge in [-0.25, -0.2) is 9.78 Å². The average molecular weight is 606 g/mol. The van der Waals surface area contributed by atoms with Crippen molar-refractivity contribution in [2.45, 2.75) is 43.7 Å². The third-order valence-corrected chi connectivity index (χ3v) is 7.72. The van der Waals surface area contributed by atoms with Crippen LogP contribution in [0.2, 0.25) is 0 Å². The number of alkyl halides is 3. The van der Waals surface area contributed by atoms with Crippen LogP contribution in [0.4, 0.5) is 8.78 Å². The lowest BCUT2D eigenvalue weighted by Crippen LogP contribution is -2.48. The molecule has 5 heterocycles. The number of esters is 2. The highest BCUT2D eigenvalue weighted by molar-refractivity contribution is 9.08. The highest BCUT2D eigenvalue weighted by atomic mass is 79.9. The molecule has 0 saturated carbocycles. The summed E-state index contributed by atoms with van der Waals surface area (Å²) >= 11 is 3.49. The zero-order chi connectivity index (χ0) is 27.9. The number of aromatic nitrogens is 2. The summed E-state index contributed by atoms with van der Waals surface area (Å²) in [6.45, 7) is 1.51. The SMILES string of the molecule is CCC1(OC(=O)CN(C)C)C(=O)OCc2c1cc1n(c2=O)Cc2c-1nc1cc3c(cc1c2CBr)OC(F)(F)O3. The first kappa shape index (κ1) is 25.7. The molecule has 10 nitrogen and oxygen atoms in total. The zero-order valence-corrected chi connectivity index (χ0v) is 22.7. The molecule has 1 aromatic carbocycles. The van der Waals surface area contributed by atoms with E-state index in [9.17, 15) is 23.2 Å². The Morgan fingerprint density at radius 1 is 1.18 bits per heavy atom. The van der Waals surface area contributed by atoms with E-state index < -0.39 is 29.4 Å². The van der Waals surface area contributed by atoms with Crippen molar-refractivity contribution < 1.29 is 37.3 Å². The third-order valence-electron chi connectivity index (χ3n) is 7.16. The maximum absolute atomic E-state index is 13.7. The predicted molar refractivity (Wildman–Crippen MR) is 136 cm³/mol. The number of carbonyl (C=O) groups excluding carboxylic acids is 2. The molecule has 204 valence electrons. The number of halogens is 3. The minimum atomic E-state index is -3.78. The highest BCUT2D eigenvalue weighted by Gasteiger charge is 2.50. The molecule has 39 heavy (non-hydrogen) atoms. The largest absolute Gasteiger partial charge is 0.586 e. The number of hydrogen-bond donors (Lipinski definition) is 0. The molecule has 0 amide bonds. The number of carbonyl (C=O) groups is 2. The monoisotopic (exact) mass is 605 g/mol. The Morgan fingerprint density at radius 2 is 1.90 bits per heavy atom. The number of fused-ring (bicyclic) bond motifs is 6. The molecule has 1 unspecified atom stereocenters. The number of nitrogens with zero attached hydrogens (tertiary/aromatic N) is 3. The first-order valence-electron chi connectivity index (χ1n) is 12.1. The third kappa shape index (κ3) is 3.81. The number of benzene rings is 1. The molecule has 0 fully saturated rings. The van der Waals surface area contributed by atoms with E-state index in [-0.39, 0.29) is 48.7 Å². The topological polar surface area (TPSA) is 109 Å². The minimum absolute atomic E-state index is 0.0449. The summed E-state index contributed by atoms with van der Waals surface area (Å²) in [6, 6.07) is 4.46. The summed E-state index contributed by atoms with van der Waals surface area (Å²) in [5.74, 6) is -1.66. The molecule has 0 radical (unpaired) electrons. The molecular formula is C26H22BrF2N3O7. The van der Waals surface area contributed by atoms with Gasteiger partial charge < -0.3 is 23.5 Å². The molecule has 13 heteroatoms. The lowest BCUT2D eigenvalue weighted by molar-refractivity contribution is -0.286. The summed E-state index contributed by atoms with van der Waals surface area (Å²) in [4.78, 5) is 45.8. The molecule has 1 atom stereocenters. The van der Waals surface area contributed by atoms with Gasteiger partial charge in [0.1, 0.15) is 6.61 Å². The maximum Gasteiger partial charge on any atom is 0.586 e. The molecule has 3 aliphatic rings. The van der Waals surface area contributed by atoms with Crippen LogP contribution in [0.3, 0.4) is 0 Å². The quantitative estimate of drug-likeness (QED) is 0.250. The van der Waals surface area contributed by atoms with Gasteiger partial charge in [-0.05, 0) is 38.2 Å². The molecule has 3 aliphatic heterocycles. The molecule has 0 spiro atoms. The van der Waals surface area contributed by atoms with E-state index in [1.54, 1.807) is 32.0 Å². The lowest BCUT2D eigenvalue weighted by Gasteiger charge is -2.35. The lowest BCUT2D eigenvalue weighted by atomic mass is 9.85. The van der Waals surface area contributed by atoms with Gasteiger partial charge in [-0.3, -0.25) is 14.5 Å². The summed E-state index contributed by atoms with van der Waals surface area (Å²) in [6.07, 6.45) is -3.73. The second kappa shape index (κ2) is 8.71. The van der Waals surface area contributed by atoms with Gasteiger partial charge in [0.25, 0.3) is 5.56 Å².